The summed E-state index contributed by atoms with van der Waals surface area (Å²) >= 11 is 0. The van der Waals surface area contributed by atoms with Gasteiger partial charge in [-0.05, 0) is 30.1 Å². The van der Waals surface area contributed by atoms with Gasteiger partial charge in [-0.3, -0.25) is 0 Å². The van der Waals surface area contributed by atoms with Crippen LogP contribution >= 0.6 is 0 Å². The molecule has 0 aromatic heterocycles. The Morgan fingerprint density at radius 1 is 1.36 bits per heavy atom. The molecule has 1 heteroatoms. The van der Waals surface area contributed by atoms with Crippen molar-refractivity contribution in [3.05, 3.63) is 0 Å². The van der Waals surface area contributed by atoms with Gasteiger partial charge in [-0.15, -0.1) is 0 Å². The van der Waals surface area contributed by atoms with Crippen LogP contribution in [-0.4, -0.2) is 6.04 Å². The monoisotopic (exact) mass is 155 g/mol. The minimum absolute atomic E-state index is 0.416. The molecular formula is C10H21N. The Bertz CT molecular complexity index is 138. The standard InChI is InChI=1S/C10H21N/c1-7(2)9(11)8-5-6-10(8,3)4/h7-9H,5-6,11H2,1-4H3. The fraction of sp³-hybridized carbons (Fsp3) is 1.00. The van der Waals surface area contributed by atoms with Gasteiger partial charge in [-0.2, -0.15) is 0 Å². The van der Waals surface area contributed by atoms with Crippen molar-refractivity contribution >= 4 is 0 Å². The first kappa shape index (κ1) is 9.05. The summed E-state index contributed by atoms with van der Waals surface area (Å²) in [5, 5.41) is 0. The molecule has 0 radical (unpaired) electrons. The molecule has 1 rings (SSSR count). The van der Waals surface area contributed by atoms with Gasteiger partial charge in [0.05, 0.1) is 0 Å². The highest BCUT2D eigenvalue weighted by Gasteiger charge is 2.42. The van der Waals surface area contributed by atoms with Gasteiger partial charge in [0, 0.05) is 6.04 Å². The van der Waals surface area contributed by atoms with Crippen LogP contribution in [0.3, 0.4) is 0 Å². The average molecular weight is 155 g/mol. The molecule has 0 aromatic carbocycles. The first-order valence-corrected chi connectivity index (χ1v) is 4.71. The molecule has 1 aliphatic carbocycles. The Morgan fingerprint density at radius 3 is 2.00 bits per heavy atom. The number of hydrogen-bond acceptors (Lipinski definition) is 1. The van der Waals surface area contributed by atoms with E-state index in [9.17, 15) is 0 Å². The van der Waals surface area contributed by atoms with E-state index in [1.165, 1.54) is 12.8 Å². The van der Waals surface area contributed by atoms with Crippen molar-refractivity contribution in [1.82, 2.24) is 0 Å². The fourth-order valence-electron chi connectivity index (χ4n) is 2.07. The van der Waals surface area contributed by atoms with Gasteiger partial charge in [0.15, 0.2) is 0 Å². The van der Waals surface area contributed by atoms with Gasteiger partial charge in [0.2, 0.25) is 0 Å². The van der Waals surface area contributed by atoms with E-state index in [2.05, 4.69) is 27.7 Å². The van der Waals surface area contributed by atoms with Gasteiger partial charge in [-0.25, -0.2) is 0 Å². The summed E-state index contributed by atoms with van der Waals surface area (Å²) in [4.78, 5) is 0. The molecule has 11 heavy (non-hydrogen) atoms. The average Bonchev–Trinajstić information content (AvgIpc) is 1.85. The molecule has 66 valence electrons. The Balaban J connectivity index is 2.49. The van der Waals surface area contributed by atoms with Crippen molar-refractivity contribution in [2.24, 2.45) is 23.0 Å². The lowest BCUT2D eigenvalue weighted by Crippen LogP contribution is -2.49. The van der Waals surface area contributed by atoms with Crippen LogP contribution < -0.4 is 5.73 Å². The lowest BCUT2D eigenvalue weighted by atomic mass is 9.58. The Hall–Kier alpha value is -0.0400. The molecule has 2 N–H and O–H groups in total. The molecule has 1 saturated carbocycles. The second-order valence-corrected chi connectivity index (χ2v) is 4.96. The molecule has 0 saturated heterocycles. The second kappa shape index (κ2) is 2.78. The maximum atomic E-state index is 6.10. The first-order chi connectivity index (χ1) is 4.95. The Morgan fingerprint density at radius 2 is 1.91 bits per heavy atom. The molecule has 0 amide bonds. The highest BCUT2D eigenvalue weighted by Crippen LogP contribution is 2.48. The van der Waals surface area contributed by atoms with Crippen molar-refractivity contribution < 1.29 is 0 Å². The zero-order valence-corrected chi connectivity index (χ0v) is 8.22. The van der Waals surface area contributed by atoms with Crippen molar-refractivity contribution in [3.8, 4) is 0 Å². The number of hydrogen-bond donors (Lipinski definition) is 1. The van der Waals surface area contributed by atoms with Crippen LogP contribution in [0, 0.1) is 17.3 Å². The van der Waals surface area contributed by atoms with E-state index in [1.54, 1.807) is 0 Å². The van der Waals surface area contributed by atoms with Gasteiger partial charge in [0.1, 0.15) is 0 Å². The molecular weight excluding hydrogens is 134 g/mol. The van der Waals surface area contributed by atoms with Crippen LogP contribution in [0.15, 0.2) is 0 Å². The summed E-state index contributed by atoms with van der Waals surface area (Å²) in [5.74, 6) is 1.40. The zero-order chi connectivity index (χ0) is 8.65. The summed E-state index contributed by atoms with van der Waals surface area (Å²) in [6.45, 7) is 9.12. The Kier molecular flexibility index (Phi) is 2.29. The van der Waals surface area contributed by atoms with Gasteiger partial charge >= 0.3 is 0 Å². The van der Waals surface area contributed by atoms with E-state index in [0.717, 1.165) is 5.92 Å². The second-order valence-electron chi connectivity index (χ2n) is 4.96. The van der Waals surface area contributed by atoms with Crippen LogP contribution in [0.4, 0.5) is 0 Å². The van der Waals surface area contributed by atoms with Gasteiger partial charge < -0.3 is 5.73 Å². The minimum Gasteiger partial charge on any atom is -0.327 e. The number of nitrogens with two attached hydrogens (primary N) is 1. The number of rotatable bonds is 2. The molecule has 0 aliphatic heterocycles. The summed E-state index contributed by atoms with van der Waals surface area (Å²) in [7, 11) is 0. The van der Waals surface area contributed by atoms with Crippen LogP contribution in [0.2, 0.25) is 0 Å². The summed E-state index contributed by atoms with van der Waals surface area (Å²) in [6, 6.07) is 0.416. The topological polar surface area (TPSA) is 26.0 Å². The lowest BCUT2D eigenvalue weighted by Gasteiger charge is -2.49. The quantitative estimate of drug-likeness (QED) is 0.651. The first-order valence-electron chi connectivity index (χ1n) is 4.71. The lowest BCUT2D eigenvalue weighted by molar-refractivity contribution is 0.0358. The molecule has 1 fully saturated rings. The predicted octanol–water partition coefficient (Wildman–Crippen LogP) is 2.41. The molecule has 0 aromatic rings. The molecule has 2 atom stereocenters. The minimum atomic E-state index is 0.416. The van der Waals surface area contributed by atoms with E-state index in [4.69, 9.17) is 5.73 Å². The van der Waals surface area contributed by atoms with Crippen LogP contribution in [0.5, 0.6) is 0 Å². The van der Waals surface area contributed by atoms with Gasteiger partial charge in [-0.1, -0.05) is 27.7 Å². The molecule has 1 nitrogen and oxygen atoms in total. The third-order valence-electron chi connectivity index (χ3n) is 3.34. The highest BCUT2D eigenvalue weighted by atomic mass is 14.7. The Labute approximate surface area is 70.4 Å². The maximum absolute atomic E-state index is 6.10. The molecule has 2 unspecified atom stereocenters. The highest BCUT2D eigenvalue weighted by molar-refractivity contribution is 4.95. The van der Waals surface area contributed by atoms with Crippen molar-refractivity contribution in [2.75, 3.05) is 0 Å². The van der Waals surface area contributed by atoms with E-state index in [0.29, 0.717) is 17.4 Å². The van der Waals surface area contributed by atoms with Crippen molar-refractivity contribution in [1.29, 1.82) is 0 Å². The largest absolute Gasteiger partial charge is 0.327 e. The smallest absolute Gasteiger partial charge is 0.00954 e. The SMILES string of the molecule is CC(C)C(N)C1CCC1(C)C. The summed E-state index contributed by atoms with van der Waals surface area (Å²) in [6.07, 6.45) is 2.70. The molecule has 1 aliphatic rings. The van der Waals surface area contributed by atoms with E-state index < -0.39 is 0 Å². The molecule has 0 spiro atoms. The van der Waals surface area contributed by atoms with E-state index in [-0.39, 0.29) is 0 Å². The van der Waals surface area contributed by atoms with Crippen molar-refractivity contribution in [2.45, 2.75) is 46.6 Å². The third-order valence-corrected chi connectivity index (χ3v) is 3.34. The van der Waals surface area contributed by atoms with Crippen LogP contribution in [0.25, 0.3) is 0 Å². The summed E-state index contributed by atoms with van der Waals surface area (Å²) in [5.41, 5.74) is 6.61. The zero-order valence-electron chi connectivity index (χ0n) is 8.22. The fourth-order valence-corrected chi connectivity index (χ4v) is 2.07. The van der Waals surface area contributed by atoms with Gasteiger partial charge in [0.25, 0.3) is 0 Å². The van der Waals surface area contributed by atoms with Crippen LogP contribution in [-0.2, 0) is 0 Å². The van der Waals surface area contributed by atoms with E-state index >= 15 is 0 Å². The summed E-state index contributed by atoms with van der Waals surface area (Å²) < 4.78 is 0. The van der Waals surface area contributed by atoms with Crippen LogP contribution in [0.1, 0.15) is 40.5 Å². The van der Waals surface area contributed by atoms with Crippen molar-refractivity contribution in [3.63, 3.8) is 0 Å². The normalized spacial score (nSPS) is 31.6. The maximum Gasteiger partial charge on any atom is 0.00954 e. The van der Waals surface area contributed by atoms with E-state index in [1.807, 2.05) is 0 Å². The molecule has 0 heterocycles. The third kappa shape index (κ3) is 1.58. The predicted molar refractivity (Wildman–Crippen MR) is 49.3 cm³/mol. The molecule has 0 bridgehead atoms.